The zero-order valence-electron chi connectivity index (χ0n) is 10.1. The lowest BCUT2D eigenvalue weighted by Gasteiger charge is -2.13. The van der Waals surface area contributed by atoms with Crippen molar-refractivity contribution >= 4 is 5.97 Å². The number of nitrogens with one attached hydrogen (secondary N) is 1. The molecule has 1 aromatic heterocycles. The van der Waals surface area contributed by atoms with Gasteiger partial charge >= 0.3 is 5.97 Å². The Hall–Kier alpha value is -1.49. The van der Waals surface area contributed by atoms with E-state index in [-0.39, 0.29) is 17.8 Å². The Bertz CT molecular complexity index is 371. The van der Waals surface area contributed by atoms with Crippen molar-refractivity contribution < 1.29 is 13.9 Å². The fraction of sp³-hybridized carbons (Fsp3) is 0.500. The van der Waals surface area contributed by atoms with Crippen LogP contribution in [0.15, 0.2) is 18.5 Å². The number of pyridine rings is 1. The van der Waals surface area contributed by atoms with Crippen molar-refractivity contribution in [3.05, 3.63) is 29.8 Å². The normalized spacial score (nSPS) is 12.2. The fourth-order valence-electron chi connectivity index (χ4n) is 1.37. The maximum atomic E-state index is 13.2. The maximum Gasteiger partial charge on any atom is 0.305 e. The van der Waals surface area contributed by atoms with Gasteiger partial charge in [-0.1, -0.05) is 0 Å². The lowest BCUT2D eigenvalue weighted by Crippen LogP contribution is -2.26. The van der Waals surface area contributed by atoms with E-state index < -0.39 is 0 Å². The molecule has 0 fully saturated rings. The van der Waals surface area contributed by atoms with Crippen LogP contribution in [0.3, 0.4) is 0 Å². The van der Waals surface area contributed by atoms with Crippen LogP contribution in [-0.2, 0) is 16.1 Å². The van der Waals surface area contributed by atoms with E-state index in [2.05, 4.69) is 15.0 Å². The minimum atomic E-state index is -0.319. The third kappa shape index (κ3) is 4.91. The molecule has 1 heterocycles. The van der Waals surface area contributed by atoms with E-state index in [1.54, 1.807) is 12.3 Å². The zero-order chi connectivity index (χ0) is 12.7. The average Bonchev–Trinajstić information content (AvgIpc) is 2.35. The van der Waals surface area contributed by atoms with Crippen LogP contribution in [-0.4, -0.2) is 24.1 Å². The van der Waals surface area contributed by atoms with Gasteiger partial charge < -0.3 is 10.1 Å². The molecule has 1 N–H and O–H groups in total. The van der Waals surface area contributed by atoms with Gasteiger partial charge in [-0.15, -0.1) is 0 Å². The van der Waals surface area contributed by atoms with E-state index in [9.17, 15) is 9.18 Å². The summed E-state index contributed by atoms with van der Waals surface area (Å²) in [6.07, 6.45) is 3.78. The van der Waals surface area contributed by atoms with Crippen LogP contribution in [0, 0.1) is 5.82 Å². The lowest BCUT2D eigenvalue weighted by atomic mass is 10.1. The highest BCUT2D eigenvalue weighted by Crippen LogP contribution is 2.05. The van der Waals surface area contributed by atoms with Gasteiger partial charge in [0.1, 0.15) is 5.82 Å². The van der Waals surface area contributed by atoms with Gasteiger partial charge in [0.2, 0.25) is 0 Å². The van der Waals surface area contributed by atoms with E-state index >= 15 is 0 Å². The van der Waals surface area contributed by atoms with Crippen molar-refractivity contribution in [2.75, 3.05) is 7.11 Å². The molecule has 0 radical (unpaired) electrons. The molecule has 4 nitrogen and oxygen atoms in total. The number of carbonyl (C=O) groups excluding carboxylic acids is 1. The van der Waals surface area contributed by atoms with Gasteiger partial charge in [-0.2, -0.15) is 0 Å². The SMILES string of the molecule is COC(=O)CCC(C)NCc1ccncc1F. The van der Waals surface area contributed by atoms with Crippen LogP contribution in [0.25, 0.3) is 0 Å². The topological polar surface area (TPSA) is 51.2 Å². The maximum absolute atomic E-state index is 13.2. The van der Waals surface area contributed by atoms with Crippen LogP contribution in [0.2, 0.25) is 0 Å². The molecule has 5 heteroatoms. The molecule has 94 valence electrons. The second-order valence-corrected chi connectivity index (χ2v) is 3.86. The summed E-state index contributed by atoms with van der Waals surface area (Å²) in [5.41, 5.74) is 0.574. The second kappa shape index (κ2) is 6.96. The van der Waals surface area contributed by atoms with Crippen molar-refractivity contribution in [2.45, 2.75) is 32.4 Å². The standard InChI is InChI=1S/C12H17FN2O2/c1-9(3-4-12(16)17-2)15-7-10-5-6-14-8-11(10)13/h5-6,8-9,15H,3-4,7H2,1-2H3. The Morgan fingerprint density at radius 2 is 2.41 bits per heavy atom. The van der Waals surface area contributed by atoms with Crippen LogP contribution in [0.1, 0.15) is 25.3 Å². The number of ether oxygens (including phenoxy) is 1. The Morgan fingerprint density at radius 3 is 3.06 bits per heavy atom. The Labute approximate surface area is 100 Å². The summed E-state index contributed by atoms with van der Waals surface area (Å²) in [6, 6.07) is 1.76. The van der Waals surface area contributed by atoms with Crippen LogP contribution in [0.4, 0.5) is 4.39 Å². The summed E-state index contributed by atoms with van der Waals surface area (Å²) in [5.74, 6) is -0.547. The van der Waals surface area contributed by atoms with Gasteiger partial charge in [0.25, 0.3) is 0 Å². The molecule has 0 saturated heterocycles. The highest BCUT2D eigenvalue weighted by Gasteiger charge is 2.07. The molecule has 0 aliphatic rings. The van der Waals surface area contributed by atoms with E-state index in [0.717, 1.165) is 0 Å². The van der Waals surface area contributed by atoms with Crippen LogP contribution >= 0.6 is 0 Å². The van der Waals surface area contributed by atoms with Gasteiger partial charge in [0, 0.05) is 30.8 Å². The molecule has 0 aliphatic heterocycles. The summed E-state index contributed by atoms with van der Waals surface area (Å²) in [7, 11) is 1.37. The Kier molecular flexibility index (Phi) is 5.56. The molecular formula is C12H17FN2O2. The lowest BCUT2D eigenvalue weighted by molar-refractivity contribution is -0.140. The summed E-state index contributed by atoms with van der Waals surface area (Å²) >= 11 is 0. The molecule has 0 spiro atoms. The highest BCUT2D eigenvalue weighted by atomic mass is 19.1. The molecular weight excluding hydrogens is 223 g/mol. The molecule has 17 heavy (non-hydrogen) atoms. The first-order valence-electron chi connectivity index (χ1n) is 5.52. The first kappa shape index (κ1) is 13.6. The van der Waals surface area contributed by atoms with Gasteiger partial charge in [0.05, 0.1) is 13.3 Å². The van der Waals surface area contributed by atoms with Crippen molar-refractivity contribution in [3.63, 3.8) is 0 Å². The van der Waals surface area contributed by atoms with E-state index in [4.69, 9.17) is 0 Å². The summed E-state index contributed by atoms with van der Waals surface area (Å²) < 4.78 is 17.8. The number of aromatic nitrogens is 1. The largest absolute Gasteiger partial charge is 0.469 e. The third-order valence-corrected chi connectivity index (χ3v) is 2.51. The molecule has 0 aromatic carbocycles. The smallest absolute Gasteiger partial charge is 0.305 e. The minimum absolute atomic E-state index is 0.127. The molecule has 0 bridgehead atoms. The average molecular weight is 240 g/mol. The van der Waals surface area contributed by atoms with Gasteiger partial charge in [0.15, 0.2) is 0 Å². The van der Waals surface area contributed by atoms with E-state index in [1.807, 2.05) is 6.92 Å². The predicted molar refractivity (Wildman–Crippen MR) is 61.7 cm³/mol. The Morgan fingerprint density at radius 1 is 1.65 bits per heavy atom. The van der Waals surface area contributed by atoms with Crippen molar-refractivity contribution in [2.24, 2.45) is 0 Å². The second-order valence-electron chi connectivity index (χ2n) is 3.86. The molecule has 0 saturated carbocycles. The van der Waals surface area contributed by atoms with Gasteiger partial charge in [-0.25, -0.2) is 4.39 Å². The number of esters is 1. The van der Waals surface area contributed by atoms with Crippen LogP contribution < -0.4 is 5.32 Å². The molecule has 1 rings (SSSR count). The number of hydrogen-bond acceptors (Lipinski definition) is 4. The molecule has 1 aromatic rings. The summed E-state index contributed by atoms with van der Waals surface area (Å²) in [4.78, 5) is 14.6. The van der Waals surface area contributed by atoms with Crippen LogP contribution in [0.5, 0.6) is 0 Å². The van der Waals surface area contributed by atoms with Gasteiger partial charge in [-0.05, 0) is 19.4 Å². The monoisotopic (exact) mass is 240 g/mol. The predicted octanol–water partition coefficient (Wildman–Crippen LogP) is 1.65. The molecule has 0 amide bonds. The first-order valence-corrected chi connectivity index (χ1v) is 5.52. The quantitative estimate of drug-likeness (QED) is 0.768. The number of rotatable bonds is 6. The molecule has 1 unspecified atom stereocenters. The van der Waals surface area contributed by atoms with Crippen molar-refractivity contribution in [1.29, 1.82) is 0 Å². The van der Waals surface area contributed by atoms with Crippen molar-refractivity contribution in [1.82, 2.24) is 10.3 Å². The highest BCUT2D eigenvalue weighted by molar-refractivity contribution is 5.69. The first-order chi connectivity index (χ1) is 8.13. The summed E-state index contributed by atoms with van der Waals surface area (Å²) in [5, 5.41) is 3.14. The number of carbonyl (C=O) groups is 1. The fourth-order valence-corrected chi connectivity index (χ4v) is 1.37. The minimum Gasteiger partial charge on any atom is -0.469 e. The third-order valence-electron chi connectivity index (χ3n) is 2.51. The van der Waals surface area contributed by atoms with Gasteiger partial charge in [-0.3, -0.25) is 9.78 Å². The molecule has 0 aliphatic carbocycles. The number of methoxy groups -OCH3 is 1. The number of halogens is 1. The number of hydrogen-bond donors (Lipinski definition) is 1. The number of nitrogens with zero attached hydrogens (tertiary/aromatic N) is 1. The van der Waals surface area contributed by atoms with E-state index in [1.165, 1.54) is 13.3 Å². The van der Waals surface area contributed by atoms with Crippen molar-refractivity contribution in [3.8, 4) is 0 Å². The summed E-state index contributed by atoms with van der Waals surface area (Å²) in [6.45, 7) is 2.37. The molecule has 1 atom stereocenters. The van der Waals surface area contributed by atoms with E-state index in [0.29, 0.717) is 24.9 Å². The zero-order valence-corrected chi connectivity index (χ0v) is 10.1. The Balaban J connectivity index is 2.31.